The van der Waals surface area contributed by atoms with Gasteiger partial charge in [-0.2, -0.15) is 0 Å². The Morgan fingerprint density at radius 3 is 2.68 bits per heavy atom. The number of allylic oxidation sites excluding steroid dienone is 1. The third-order valence-electron chi connectivity index (χ3n) is 2.61. The van der Waals surface area contributed by atoms with E-state index in [1.165, 1.54) is 0 Å². The molecule has 1 aromatic carbocycles. The molecular weight excluding hydrogens is 283 g/mol. The molecule has 0 unspecified atom stereocenters. The molecule has 1 aromatic heterocycles. The molecule has 100 valence electrons. The van der Waals surface area contributed by atoms with Crippen LogP contribution >= 0.6 is 23.2 Å². The van der Waals surface area contributed by atoms with E-state index in [4.69, 9.17) is 28.9 Å². The maximum Gasteiger partial charge on any atom is 0.104 e. The summed E-state index contributed by atoms with van der Waals surface area (Å²) in [5.74, 6) is 0. The first kappa shape index (κ1) is 14.1. The summed E-state index contributed by atoms with van der Waals surface area (Å²) in [4.78, 5) is 0. The van der Waals surface area contributed by atoms with Crippen LogP contribution in [0, 0.1) is 0 Å². The Morgan fingerprint density at radius 1 is 1.37 bits per heavy atom. The summed E-state index contributed by atoms with van der Waals surface area (Å²) in [7, 11) is 0. The predicted octanol–water partition coefficient (Wildman–Crippen LogP) is 3.29. The third-order valence-corrected chi connectivity index (χ3v) is 3.35. The molecular formula is C13H14Cl2N4. The van der Waals surface area contributed by atoms with Crippen LogP contribution in [0.2, 0.25) is 10.0 Å². The summed E-state index contributed by atoms with van der Waals surface area (Å²) in [6.07, 6.45) is 0. The van der Waals surface area contributed by atoms with E-state index in [1.807, 2.05) is 13.0 Å². The van der Waals surface area contributed by atoms with E-state index in [0.29, 0.717) is 23.1 Å². The fourth-order valence-corrected chi connectivity index (χ4v) is 2.11. The first-order valence-electron chi connectivity index (χ1n) is 5.75. The third kappa shape index (κ3) is 2.97. The van der Waals surface area contributed by atoms with Gasteiger partial charge in [-0.3, -0.25) is 0 Å². The van der Waals surface area contributed by atoms with Crippen molar-refractivity contribution in [2.45, 2.75) is 20.0 Å². The highest BCUT2D eigenvalue weighted by atomic mass is 35.5. The van der Waals surface area contributed by atoms with E-state index in [1.54, 1.807) is 16.8 Å². The molecule has 0 atom stereocenters. The van der Waals surface area contributed by atoms with Gasteiger partial charge in [-0.25, -0.2) is 4.68 Å². The Labute approximate surface area is 121 Å². The number of aromatic nitrogens is 3. The fourth-order valence-electron chi connectivity index (χ4n) is 1.81. The van der Waals surface area contributed by atoms with Crippen molar-refractivity contribution in [3.05, 3.63) is 46.1 Å². The molecule has 0 saturated heterocycles. The number of halogens is 2. The van der Waals surface area contributed by atoms with Crippen molar-refractivity contribution < 1.29 is 0 Å². The molecule has 0 aliphatic carbocycles. The van der Waals surface area contributed by atoms with Gasteiger partial charge < -0.3 is 5.73 Å². The van der Waals surface area contributed by atoms with Crippen LogP contribution in [-0.2, 0) is 13.1 Å². The van der Waals surface area contributed by atoms with E-state index in [-0.39, 0.29) is 0 Å². The first-order valence-corrected chi connectivity index (χ1v) is 6.50. The SMILES string of the molecule is C=C(C)Cn1nnc(CN)c1-c1ccc(Cl)c(Cl)c1. The number of hydrogen-bond acceptors (Lipinski definition) is 3. The largest absolute Gasteiger partial charge is 0.325 e. The monoisotopic (exact) mass is 296 g/mol. The second-order valence-electron chi connectivity index (χ2n) is 4.33. The zero-order chi connectivity index (χ0) is 14.0. The van der Waals surface area contributed by atoms with Gasteiger partial charge in [0.25, 0.3) is 0 Å². The highest BCUT2D eigenvalue weighted by Crippen LogP contribution is 2.29. The minimum atomic E-state index is 0.311. The van der Waals surface area contributed by atoms with Gasteiger partial charge in [-0.15, -0.1) is 5.10 Å². The zero-order valence-electron chi connectivity index (χ0n) is 10.5. The topological polar surface area (TPSA) is 56.7 Å². The highest BCUT2D eigenvalue weighted by molar-refractivity contribution is 6.42. The number of hydrogen-bond donors (Lipinski definition) is 1. The molecule has 4 nitrogen and oxygen atoms in total. The van der Waals surface area contributed by atoms with Crippen LogP contribution in [-0.4, -0.2) is 15.0 Å². The van der Waals surface area contributed by atoms with Gasteiger partial charge in [0.2, 0.25) is 0 Å². The quantitative estimate of drug-likeness (QED) is 0.881. The molecule has 1 heterocycles. The van der Waals surface area contributed by atoms with Crippen molar-refractivity contribution >= 4 is 23.2 Å². The van der Waals surface area contributed by atoms with Crippen molar-refractivity contribution in [3.8, 4) is 11.3 Å². The van der Waals surface area contributed by atoms with Crippen LogP contribution in [0.25, 0.3) is 11.3 Å². The lowest BCUT2D eigenvalue weighted by molar-refractivity contribution is 0.648. The smallest absolute Gasteiger partial charge is 0.104 e. The lowest BCUT2D eigenvalue weighted by Crippen LogP contribution is -2.05. The lowest BCUT2D eigenvalue weighted by atomic mass is 10.1. The second-order valence-corrected chi connectivity index (χ2v) is 5.15. The Balaban J connectivity index is 2.54. The second kappa shape index (κ2) is 5.74. The molecule has 19 heavy (non-hydrogen) atoms. The molecule has 2 rings (SSSR count). The molecule has 0 spiro atoms. The molecule has 0 saturated carbocycles. The molecule has 0 fully saturated rings. The van der Waals surface area contributed by atoms with Crippen LogP contribution in [0.5, 0.6) is 0 Å². The maximum atomic E-state index is 6.05. The van der Waals surface area contributed by atoms with E-state index < -0.39 is 0 Å². The normalized spacial score (nSPS) is 10.7. The van der Waals surface area contributed by atoms with Gasteiger partial charge in [-0.05, 0) is 19.1 Å². The Bertz CT molecular complexity index is 619. The molecule has 0 aliphatic heterocycles. The van der Waals surface area contributed by atoms with Crippen molar-refractivity contribution in [2.24, 2.45) is 5.73 Å². The Morgan fingerprint density at radius 2 is 2.11 bits per heavy atom. The number of nitrogens with zero attached hydrogens (tertiary/aromatic N) is 3. The standard InChI is InChI=1S/C13H14Cl2N4/c1-8(2)7-19-13(12(6-16)17-18-19)9-3-4-10(14)11(15)5-9/h3-5H,1,6-7,16H2,2H3. The summed E-state index contributed by atoms with van der Waals surface area (Å²) in [5, 5.41) is 9.20. The molecule has 0 bridgehead atoms. The van der Waals surface area contributed by atoms with E-state index in [2.05, 4.69) is 16.9 Å². The average Bonchev–Trinajstić information content (AvgIpc) is 2.74. The molecule has 0 amide bonds. The summed E-state index contributed by atoms with van der Waals surface area (Å²) >= 11 is 12.0. The molecule has 0 radical (unpaired) electrons. The highest BCUT2D eigenvalue weighted by Gasteiger charge is 2.14. The Hall–Kier alpha value is -1.36. The molecule has 0 aliphatic rings. The summed E-state index contributed by atoms with van der Waals surface area (Å²) in [6.45, 7) is 6.72. The minimum Gasteiger partial charge on any atom is -0.325 e. The van der Waals surface area contributed by atoms with Crippen LogP contribution in [0.3, 0.4) is 0 Å². The molecule has 6 heteroatoms. The lowest BCUT2D eigenvalue weighted by Gasteiger charge is -2.08. The van der Waals surface area contributed by atoms with Gasteiger partial charge in [0, 0.05) is 12.1 Å². The summed E-state index contributed by atoms with van der Waals surface area (Å²) in [5.41, 5.74) is 9.15. The number of benzene rings is 1. The summed E-state index contributed by atoms with van der Waals surface area (Å²) in [6, 6.07) is 5.41. The van der Waals surface area contributed by atoms with Crippen molar-refractivity contribution in [1.82, 2.24) is 15.0 Å². The maximum absolute atomic E-state index is 6.05. The fraction of sp³-hybridized carbons (Fsp3) is 0.231. The van der Waals surface area contributed by atoms with Gasteiger partial charge in [0.05, 0.1) is 22.3 Å². The van der Waals surface area contributed by atoms with Crippen molar-refractivity contribution in [3.63, 3.8) is 0 Å². The van der Waals surface area contributed by atoms with E-state index in [0.717, 1.165) is 22.5 Å². The minimum absolute atomic E-state index is 0.311. The number of nitrogens with two attached hydrogens (primary N) is 1. The number of rotatable bonds is 4. The van der Waals surface area contributed by atoms with Crippen molar-refractivity contribution in [2.75, 3.05) is 0 Å². The predicted molar refractivity (Wildman–Crippen MR) is 78.2 cm³/mol. The van der Waals surface area contributed by atoms with E-state index >= 15 is 0 Å². The van der Waals surface area contributed by atoms with Crippen molar-refractivity contribution in [1.29, 1.82) is 0 Å². The van der Waals surface area contributed by atoms with Crippen LogP contribution in [0.1, 0.15) is 12.6 Å². The van der Waals surface area contributed by atoms with Gasteiger partial charge in [0.1, 0.15) is 5.69 Å². The Kier molecular flexibility index (Phi) is 4.24. The van der Waals surface area contributed by atoms with Gasteiger partial charge in [0.15, 0.2) is 0 Å². The molecule has 2 N–H and O–H groups in total. The average molecular weight is 297 g/mol. The van der Waals surface area contributed by atoms with Crippen LogP contribution < -0.4 is 5.73 Å². The van der Waals surface area contributed by atoms with Crippen LogP contribution in [0.4, 0.5) is 0 Å². The van der Waals surface area contributed by atoms with Gasteiger partial charge in [-0.1, -0.05) is 46.6 Å². The zero-order valence-corrected chi connectivity index (χ0v) is 12.0. The summed E-state index contributed by atoms with van der Waals surface area (Å²) < 4.78 is 1.77. The van der Waals surface area contributed by atoms with Gasteiger partial charge >= 0.3 is 0 Å². The first-order chi connectivity index (χ1) is 9.02. The van der Waals surface area contributed by atoms with E-state index in [9.17, 15) is 0 Å². The van der Waals surface area contributed by atoms with Crippen LogP contribution in [0.15, 0.2) is 30.4 Å². The molecule has 2 aromatic rings.